The van der Waals surface area contributed by atoms with Crippen molar-refractivity contribution in [3.8, 4) is 5.75 Å². The molecule has 0 fully saturated rings. The minimum Gasteiger partial charge on any atom is -0.400 e. The minimum absolute atomic E-state index is 0.00245. The van der Waals surface area contributed by atoms with E-state index >= 15 is 0 Å². The van der Waals surface area contributed by atoms with Crippen LogP contribution in [0.5, 0.6) is 5.75 Å². The van der Waals surface area contributed by atoms with Crippen LogP contribution < -0.4 is 4.52 Å². The summed E-state index contributed by atoms with van der Waals surface area (Å²) in [5, 5.41) is 0. The molecule has 0 saturated heterocycles. The standard InChI is InChI=1S/C17H17O7P/c1-20-23-25(19,24-21-2)22-17-11-7-6-10-15(17)16(18)13-12-14-8-4-3-5-9-14/h3-13H,1-2H3. The van der Waals surface area contributed by atoms with Gasteiger partial charge in [0.2, 0.25) is 0 Å². The smallest absolute Gasteiger partial charge is 0.400 e. The average Bonchev–Trinajstić information content (AvgIpc) is 2.61. The van der Waals surface area contributed by atoms with Crippen LogP contribution in [-0.2, 0) is 23.7 Å². The molecule has 0 N–H and O–H groups in total. The largest absolute Gasteiger partial charge is 0.585 e. The fraction of sp³-hybridized carbons (Fsp3) is 0.118. The van der Waals surface area contributed by atoms with Crippen molar-refractivity contribution < 1.29 is 33.0 Å². The van der Waals surface area contributed by atoms with Gasteiger partial charge in [-0.05, 0) is 23.8 Å². The highest BCUT2D eigenvalue weighted by atomic mass is 31.2. The van der Waals surface area contributed by atoms with E-state index in [1.165, 1.54) is 18.2 Å². The number of allylic oxidation sites excluding steroid dienone is 1. The van der Waals surface area contributed by atoms with Crippen molar-refractivity contribution in [2.75, 3.05) is 14.2 Å². The monoisotopic (exact) mass is 364 g/mol. The number of hydrogen-bond acceptors (Lipinski definition) is 7. The molecular formula is C17H17O7P. The van der Waals surface area contributed by atoms with E-state index in [4.69, 9.17) is 4.52 Å². The van der Waals surface area contributed by atoms with Crippen LogP contribution >= 0.6 is 7.82 Å². The predicted octanol–water partition coefficient (Wildman–Crippen LogP) is 4.23. The van der Waals surface area contributed by atoms with Crippen LogP contribution in [-0.4, -0.2) is 20.0 Å². The molecule has 8 heteroatoms. The molecule has 0 radical (unpaired) electrons. The third-order valence-electron chi connectivity index (χ3n) is 2.92. The Bertz CT molecular complexity index is 764. The van der Waals surface area contributed by atoms with Crippen molar-refractivity contribution >= 4 is 19.7 Å². The lowest BCUT2D eigenvalue weighted by molar-refractivity contribution is -0.253. The van der Waals surface area contributed by atoms with E-state index in [0.717, 1.165) is 19.8 Å². The number of carbonyl (C=O) groups is 1. The molecule has 0 aliphatic carbocycles. The maximum Gasteiger partial charge on any atom is 0.585 e. The molecule has 25 heavy (non-hydrogen) atoms. The van der Waals surface area contributed by atoms with Gasteiger partial charge in [0.1, 0.15) is 5.75 Å². The normalized spacial score (nSPS) is 11.6. The lowest BCUT2D eigenvalue weighted by atomic mass is 10.1. The summed E-state index contributed by atoms with van der Waals surface area (Å²) in [6, 6.07) is 15.6. The number of rotatable bonds is 9. The fourth-order valence-corrected chi connectivity index (χ4v) is 2.77. The fourth-order valence-electron chi connectivity index (χ4n) is 1.92. The number of carbonyl (C=O) groups excluding carboxylic acids is 1. The van der Waals surface area contributed by atoms with Gasteiger partial charge < -0.3 is 4.52 Å². The van der Waals surface area contributed by atoms with E-state index in [9.17, 15) is 9.36 Å². The Kier molecular flexibility index (Phi) is 7.06. The Morgan fingerprint density at radius 1 is 0.920 bits per heavy atom. The van der Waals surface area contributed by atoms with Gasteiger partial charge in [0.15, 0.2) is 5.78 Å². The van der Waals surface area contributed by atoms with Crippen LogP contribution in [0.1, 0.15) is 15.9 Å². The Labute approximate surface area is 145 Å². The highest BCUT2D eigenvalue weighted by Crippen LogP contribution is 2.50. The van der Waals surface area contributed by atoms with Gasteiger partial charge in [0.25, 0.3) is 0 Å². The molecule has 132 valence electrons. The molecule has 0 saturated carbocycles. The highest BCUT2D eigenvalue weighted by molar-refractivity contribution is 7.48. The third kappa shape index (κ3) is 5.63. The summed E-state index contributed by atoms with van der Waals surface area (Å²) in [5.74, 6) is -0.344. The van der Waals surface area contributed by atoms with Gasteiger partial charge in [-0.1, -0.05) is 48.5 Å². The van der Waals surface area contributed by atoms with Crippen LogP contribution in [0.15, 0.2) is 60.7 Å². The molecule has 0 bridgehead atoms. The first-order valence-electron chi connectivity index (χ1n) is 7.19. The molecule has 7 nitrogen and oxygen atoms in total. The molecule has 0 spiro atoms. The molecule has 0 aliphatic heterocycles. The topological polar surface area (TPSA) is 80.3 Å². The summed E-state index contributed by atoms with van der Waals surface area (Å²) in [6.07, 6.45) is 3.05. The van der Waals surface area contributed by atoms with Crippen LogP contribution in [0.4, 0.5) is 0 Å². The van der Waals surface area contributed by atoms with E-state index < -0.39 is 7.82 Å². The number of phosphoric acid groups is 1. The van der Waals surface area contributed by atoms with Gasteiger partial charge in [0.05, 0.1) is 19.8 Å². The Morgan fingerprint density at radius 3 is 2.16 bits per heavy atom. The summed E-state index contributed by atoms with van der Waals surface area (Å²) >= 11 is 0. The molecule has 2 aromatic carbocycles. The maximum absolute atomic E-state index is 12.4. The van der Waals surface area contributed by atoms with Gasteiger partial charge in [-0.2, -0.15) is 0 Å². The zero-order valence-electron chi connectivity index (χ0n) is 13.7. The second kappa shape index (κ2) is 9.27. The second-order valence-electron chi connectivity index (χ2n) is 4.63. The Balaban J connectivity index is 2.23. The maximum atomic E-state index is 12.4. The van der Waals surface area contributed by atoms with Gasteiger partial charge in [-0.15, -0.1) is 9.35 Å². The van der Waals surface area contributed by atoms with E-state index in [2.05, 4.69) is 19.1 Å². The molecule has 0 aliphatic rings. The quantitative estimate of drug-likeness (QED) is 0.217. The number of para-hydroxylation sites is 1. The number of benzene rings is 2. The molecule has 2 aromatic rings. The van der Waals surface area contributed by atoms with E-state index in [1.807, 2.05) is 30.3 Å². The minimum atomic E-state index is -4.21. The SMILES string of the molecule is COOP(=O)(OOC)Oc1ccccc1C(=O)C=Cc1ccccc1. The van der Waals surface area contributed by atoms with Crippen molar-refractivity contribution in [2.45, 2.75) is 0 Å². The predicted molar refractivity (Wildman–Crippen MR) is 90.7 cm³/mol. The van der Waals surface area contributed by atoms with E-state index in [-0.39, 0.29) is 17.1 Å². The third-order valence-corrected chi connectivity index (χ3v) is 4.00. The number of ketones is 1. The summed E-state index contributed by atoms with van der Waals surface area (Å²) in [6.45, 7) is 0. The molecule has 0 unspecified atom stereocenters. The van der Waals surface area contributed by atoms with E-state index in [0.29, 0.717) is 0 Å². The van der Waals surface area contributed by atoms with Crippen molar-refractivity contribution in [2.24, 2.45) is 0 Å². The van der Waals surface area contributed by atoms with Crippen molar-refractivity contribution in [1.29, 1.82) is 0 Å². The first-order chi connectivity index (χ1) is 12.1. The molecular weight excluding hydrogens is 347 g/mol. The molecule has 0 heterocycles. The van der Waals surface area contributed by atoms with Crippen LogP contribution in [0.3, 0.4) is 0 Å². The summed E-state index contributed by atoms with van der Waals surface area (Å²) in [5.41, 5.74) is 1.04. The van der Waals surface area contributed by atoms with Crippen molar-refractivity contribution in [3.63, 3.8) is 0 Å². The molecule has 0 atom stereocenters. The zero-order valence-corrected chi connectivity index (χ0v) is 14.6. The van der Waals surface area contributed by atoms with Gasteiger partial charge >= 0.3 is 7.82 Å². The molecule has 2 rings (SSSR count). The highest BCUT2D eigenvalue weighted by Gasteiger charge is 2.33. The van der Waals surface area contributed by atoms with Gasteiger partial charge in [-0.3, -0.25) is 4.79 Å². The lowest BCUT2D eigenvalue weighted by Gasteiger charge is -2.15. The zero-order chi connectivity index (χ0) is 18.1. The van der Waals surface area contributed by atoms with Crippen LogP contribution in [0, 0.1) is 0 Å². The Morgan fingerprint density at radius 2 is 1.52 bits per heavy atom. The van der Waals surface area contributed by atoms with Gasteiger partial charge in [-0.25, -0.2) is 14.3 Å². The van der Waals surface area contributed by atoms with E-state index in [1.54, 1.807) is 18.2 Å². The first kappa shape index (κ1) is 19.1. The van der Waals surface area contributed by atoms with Crippen molar-refractivity contribution in [1.82, 2.24) is 0 Å². The van der Waals surface area contributed by atoms with Crippen LogP contribution in [0.2, 0.25) is 0 Å². The summed E-state index contributed by atoms with van der Waals surface area (Å²) < 4.78 is 26.5. The van der Waals surface area contributed by atoms with Gasteiger partial charge in [0, 0.05) is 0 Å². The Hall–Kier alpha value is -2.28. The summed E-state index contributed by atoms with van der Waals surface area (Å²) in [7, 11) is -1.94. The van der Waals surface area contributed by atoms with Crippen LogP contribution in [0.25, 0.3) is 6.08 Å². The lowest BCUT2D eigenvalue weighted by Crippen LogP contribution is -2.05. The average molecular weight is 364 g/mol. The van der Waals surface area contributed by atoms with Crippen molar-refractivity contribution in [3.05, 3.63) is 71.8 Å². The summed E-state index contributed by atoms with van der Waals surface area (Å²) in [4.78, 5) is 21.1. The second-order valence-corrected chi connectivity index (χ2v) is 6.00. The molecule has 0 amide bonds. The first-order valence-corrected chi connectivity index (χ1v) is 8.65. The molecule has 0 aromatic heterocycles. The number of hydrogen-bond donors (Lipinski definition) is 0.